The number of nitrogens with one attached hydrogen (secondary N) is 1. The van der Waals surface area contributed by atoms with Crippen molar-refractivity contribution in [3.05, 3.63) is 34.9 Å². The summed E-state index contributed by atoms with van der Waals surface area (Å²) in [7, 11) is 2.15. The second-order valence-electron chi connectivity index (χ2n) is 5.66. The predicted molar refractivity (Wildman–Crippen MR) is 83.0 cm³/mol. The zero-order valence-corrected chi connectivity index (χ0v) is 13.0. The first-order chi connectivity index (χ1) is 9.56. The zero-order valence-electron chi connectivity index (χ0n) is 12.2. The molecule has 0 bridgehead atoms. The van der Waals surface area contributed by atoms with Crippen LogP contribution in [0.2, 0.25) is 5.02 Å². The van der Waals surface area contributed by atoms with Crippen LogP contribution in [0.5, 0.6) is 0 Å². The molecule has 1 saturated carbocycles. The summed E-state index contributed by atoms with van der Waals surface area (Å²) < 4.78 is 0. The summed E-state index contributed by atoms with van der Waals surface area (Å²) in [4.78, 5) is 13.6. The number of benzene rings is 1. The molecule has 3 nitrogen and oxygen atoms in total. The van der Waals surface area contributed by atoms with Gasteiger partial charge in [-0.05, 0) is 50.4 Å². The van der Waals surface area contributed by atoms with Gasteiger partial charge in [0, 0.05) is 30.6 Å². The normalized spacial score (nSPS) is 22.2. The van der Waals surface area contributed by atoms with E-state index >= 15 is 0 Å². The predicted octanol–water partition coefficient (Wildman–Crippen LogP) is 2.87. The van der Waals surface area contributed by atoms with E-state index in [0.717, 1.165) is 24.4 Å². The lowest BCUT2D eigenvalue weighted by Crippen LogP contribution is -2.47. The Morgan fingerprint density at radius 3 is 2.70 bits per heavy atom. The Balaban J connectivity index is 1.85. The van der Waals surface area contributed by atoms with E-state index in [2.05, 4.69) is 29.4 Å². The number of carbonyl (C=O) groups excluding carboxylic acids is 1. The van der Waals surface area contributed by atoms with Gasteiger partial charge in [0.2, 0.25) is 5.91 Å². The van der Waals surface area contributed by atoms with Crippen LogP contribution in [0, 0.1) is 0 Å². The molecule has 110 valence electrons. The Bertz CT molecular complexity index is 446. The fourth-order valence-corrected chi connectivity index (χ4v) is 3.15. The third kappa shape index (κ3) is 4.22. The van der Waals surface area contributed by atoms with Crippen LogP contribution >= 0.6 is 11.6 Å². The molecule has 0 aromatic heterocycles. The van der Waals surface area contributed by atoms with E-state index in [1.54, 1.807) is 6.92 Å². The van der Waals surface area contributed by atoms with Crippen LogP contribution in [0.1, 0.15) is 31.7 Å². The van der Waals surface area contributed by atoms with Crippen LogP contribution in [0.25, 0.3) is 0 Å². The van der Waals surface area contributed by atoms with Crippen molar-refractivity contribution in [1.82, 2.24) is 10.2 Å². The van der Waals surface area contributed by atoms with Gasteiger partial charge in [-0.25, -0.2) is 0 Å². The van der Waals surface area contributed by atoms with E-state index in [9.17, 15) is 4.79 Å². The number of halogens is 1. The molecule has 1 aromatic rings. The first-order valence-corrected chi connectivity index (χ1v) is 7.66. The maximum absolute atomic E-state index is 11.2. The molecule has 4 heteroatoms. The van der Waals surface area contributed by atoms with E-state index < -0.39 is 0 Å². The van der Waals surface area contributed by atoms with Gasteiger partial charge in [-0.3, -0.25) is 4.79 Å². The lowest BCUT2D eigenvalue weighted by molar-refractivity contribution is -0.119. The molecule has 1 N–H and O–H groups in total. The van der Waals surface area contributed by atoms with Crippen molar-refractivity contribution in [2.24, 2.45) is 0 Å². The Hall–Kier alpha value is -1.06. The summed E-state index contributed by atoms with van der Waals surface area (Å²) in [5.41, 5.74) is 1.30. The first-order valence-electron chi connectivity index (χ1n) is 7.28. The second kappa shape index (κ2) is 7.09. The monoisotopic (exact) mass is 294 g/mol. The van der Waals surface area contributed by atoms with Crippen molar-refractivity contribution in [2.45, 2.75) is 44.7 Å². The van der Waals surface area contributed by atoms with Gasteiger partial charge in [-0.15, -0.1) is 0 Å². The second-order valence-corrected chi connectivity index (χ2v) is 6.10. The zero-order chi connectivity index (χ0) is 14.5. The fourth-order valence-electron chi connectivity index (χ4n) is 3.02. The standard InChI is InChI=1S/C16H23ClN2O/c1-12(20)18-15-4-3-5-16(15)19(2)11-10-13-6-8-14(17)9-7-13/h6-9,15-16H,3-5,10-11H2,1-2H3,(H,18,20)/t15-,16-/m1/s1. The highest BCUT2D eigenvalue weighted by molar-refractivity contribution is 6.30. The van der Waals surface area contributed by atoms with E-state index in [1.165, 1.54) is 18.4 Å². The summed E-state index contributed by atoms with van der Waals surface area (Å²) >= 11 is 5.89. The molecular weight excluding hydrogens is 272 g/mol. The summed E-state index contributed by atoms with van der Waals surface area (Å²) in [6, 6.07) is 8.81. The number of amides is 1. The highest BCUT2D eigenvalue weighted by atomic mass is 35.5. The van der Waals surface area contributed by atoms with Crippen molar-refractivity contribution in [2.75, 3.05) is 13.6 Å². The molecule has 1 aliphatic rings. The Morgan fingerprint density at radius 1 is 1.35 bits per heavy atom. The van der Waals surface area contributed by atoms with E-state index in [0.29, 0.717) is 12.1 Å². The smallest absolute Gasteiger partial charge is 0.217 e. The number of carbonyl (C=O) groups is 1. The Kier molecular flexibility index (Phi) is 5.44. The molecule has 0 saturated heterocycles. The number of likely N-dealkylation sites (N-methyl/N-ethyl adjacent to an activating group) is 1. The summed E-state index contributed by atoms with van der Waals surface area (Å²) in [6.07, 6.45) is 4.47. The quantitative estimate of drug-likeness (QED) is 0.906. The van der Waals surface area contributed by atoms with Crippen LogP contribution in [0.3, 0.4) is 0 Å². The molecule has 20 heavy (non-hydrogen) atoms. The lowest BCUT2D eigenvalue weighted by atomic mass is 10.1. The minimum Gasteiger partial charge on any atom is -0.352 e. The van der Waals surface area contributed by atoms with E-state index in [-0.39, 0.29) is 5.91 Å². The maximum atomic E-state index is 11.2. The summed E-state index contributed by atoms with van der Waals surface area (Å²) in [6.45, 7) is 2.60. The molecule has 0 unspecified atom stereocenters. The molecule has 0 heterocycles. The number of hydrogen-bond donors (Lipinski definition) is 1. The minimum absolute atomic E-state index is 0.0769. The van der Waals surface area contributed by atoms with Crippen LogP contribution in [0.15, 0.2) is 24.3 Å². The van der Waals surface area contributed by atoms with Crippen molar-refractivity contribution in [3.8, 4) is 0 Å². The Morgan fingerprint density at radius 2 is 2.05 bits per heavy atom. The molecule has 1 fully saturated rings. The molecule has 2 atom stereocenters. The van der Waals surface area contributed by atoms with Crippen LogP contribution in [0.4, 0.5) is 0 Å². The average molecular weight is 295 g/mol. The number of hydrogen-bond acceptors (Lipinski definition) is 2. The first kappa shape index (κ1) is 15.3. The lowest BCUT2D eigenvalue weighted by Gasteiger charge is -2.30. The van der Waals surface area contributed by atoms with E-state index in [1.807, 2.05) is 12.1 Å². The van der Waals surface area contributed by atoms with Gasteiger partial charge in [-0.2, -0.15) is 0 Å². The molecule has 1 aliphatic carbocycles. The molecule has 0 aliphatic heterocycles. The van der Waals surface area contributed by atoms with Gasteiger partial charge >= 0.3 is 0 Å². The van der Waals surface area contributed by atoms with E-state index in [4.69, 9.17) is 11.6 Å². The highest BCUT2D eigenvalue weighted by Gasteiger charge is 2.30. The van der Waals surface area contributed by atoms with Crippen LogP contribution in [-0.4, -0.2) is 36.5 Å². The van der Waals surface area contributed by atoms with Gasteiger partial charge in [0.15, 0.2) is 0 Å². The molecule has 1 amide bonds. The van der Waals surface area contributed by atoms with Crippen LogP contribution in [-0.2, 0) is 11.2 Å². The minimum atomic E-state index is 0.0769. The third-order valence-corrected chi connectivity index (χ3v) is 4.35. The van der Waals surface area contributed by atoms with Gasteiger partial charge in [0.05, 0.1) is 0 Å². The Labute approximate surface area is 126 Å². The molecular formula is C16H23ClN2O. The van der Waals surface area contributed by atoms with Crippen molar-refractivity contribution >= 4 is 17.5 Å². The number of rotatable bonds is 5. The molecule has 0 radical (unpaired) electrons. The summed E-state index contributed by atoms with van der Waals surface area (Å²) in [5, 5.41) is 3.86. The van der Waals surface area contributed by atoms with Crippen LogP contribution < -0.4 is 5.32 Å². The van der Waals surface area contributed by atoms with Crippen molar-refractivity contribution in [3.63, 3.8) is 0 Å². The molecule has 0 spiro atoms. The maximum Gasteiger partial charge on any atom is 0.217 e. The van der Waals surface area contributed by atoms with Gasteiger partial charge in [0.25, 0.3) is 0 Å². The fraction of sp³-hybridized carbons (Fsp3) is 0.562. The van der Waals surface area contributed by atoms with Gasteiger partial charge in [0.1, 0.15) is 0 Å². The molecule has 1 aromatic carbocycles. The van der Waals surface area contributed by atoms with Gasteiger partial charge in [-0.1, -0.05) is 23.7 Å². The third-order valence-electron chi connectivity index (χ3n) is 4.10. The topological polar surface area (TPSA) is 32.3 Å². The highest BCUT2D eigenvalue weighted by Crippen LogP contribution is 2.23. The average Bonchev–Trinajstić information content (AvgIpc) is 2.85. The van der Waals surface area contributed by atoms with Crippen molar-refractivity contribution < 1.29 is 4.79 Å². The largest absolute Gasteiger partial charge is 0.352 e. The van der Waals surface area contributed by atoms with Gasteiger partial charge < -0.3 is 10.2 Å². The summed E-state index contributed by atoms with van der Waals surface area (Å²) in [5.74, 6) is 0.0769. The number of nitrogens with zero attached hydrogens (tertiary/aromatic N) is 1. The van der Waals surface area contributed by atoms with Crippen molar-refractivity contribution in [1.29, 1.82) is 0 Å². The molecule has 2 rings (SSSR count). The SMILES string of the molecule is CC(=O)N[C@@H]1CCC[C@H]1N(C)CCc1ccc(Cl)cc1.